The molecule has 130 valence electrons. The average molecular weight is 329 g/mol. The van der Waals surface area contributed by atoms with Gasteiger partial charge in [0.05, 0.1) is 11.3 Å². The number of amides is 2. The Labute approximate surface area is 143 Å². The molecule has 2 fully saturated rings. The van der Waals surface area contributed by atoms with Crippen molar-refractivity contribution in [1.82, 2.24) is 10.2 Å². The van der Waals surface area contributed by atoms with Gasteiger partial charge in [-0.1, -0.05) is 32.9 Å². The first-order valence-corrected chi connectivity index (χ1v) is 8.82. The minimum atomic E-state index is -0.498. The summed E-state index contributed by atoms with van der Waals surface area (Å²) in [6.45, 7) is 7.43. The molecule has 5 heteroatoms. The van der Waals surface area contributed by atoms with Gasteiger partial charge in [-0.2, -0.15) is 0 Å². The maximum Gasteiger partial charge on any atom is 0.256 e. The molecule has 0 aromatic heterocycles. The van der Waals surface area contributed by atoms with E-state index in [0.717, 1.165) is 32.4 Å². The molecule has 0 spiro atoms. The third-order valence-corrected chi connectivity index (χ3v) is 4.98. The maximum absolute atomic E-state index is 13.2. The fraction of sp³-hybridized carbons (Fsp3) is 0.579. The van der Waals surface area contributed by atoms with E-state index < -0.39 is 5.41 Å². The SMILES string of the molecule is CC(C)(C)C(=O)Nc1ccccc1C(=O)N1C2CCNCC1CC2. The van der Waals surface area contributed by atoms with E-state index in [-0.39, 0.29) is 17.9 Å². The summed E-state index contributed by atoms with van der Waals surface area (Å²) in [6, 6.07) is 7.92. The molecule has 0 saturated carbocycles. The Hall–Kier alpha value is -1.88. The van der Waals surface area contributed by atoms with Crippen LogP contribution in [0.25, 0.3) is 0 Å². The quantitative estimate of drug-likeness (QED) is 0.877. The van der Waals surface area contributed by atoms with Crippen molar-refractivity contribution in [1.29, 1.82) is 0 Å². The Morgan fingerprint density at radius 3 is 2.58 bits per heavy atom. The van der Waals surface area contributed by atoms with Gasteiger partial charge in [-0.15, -0.1) is 0 Å². The lowest BCUT2D eigenvalue weighted by Crippen LogP contribution is -2.43. The highest BCUT2D eigenvalue weighted by Crippen LogP contribution is 2.31. The van der Waals surface area contributed by atoms with Gasteiger partial charge in [0, 0.05) is 24.0 Å². The summed E-state index contributed by atoms with van der Waals surface area (Å²) in [5, 5.41) is 6.35. The Morgan fingerprint density at radius 2 is 1.83 bits per heavy atom. The highest BCUT2D eigenvalue weighted by molar-refractivity contribution is 6.05. The van der Waals surface area contributed by atoms with E-state index in [2.05, 4.69) is 10.6 Å². The zero-order valence-corrected chi connectivity index (χ0v) is 14.8. The summed E-state index contributed by atoms with van der Waals surface area (Å²) < 4.78 is 0. The van der Waals surface area contributed by atoms with Crippen LogP contribution in [0.2, 0.25) is 0 Å². The van der Waals surface area contributed by atoms with Gasteiger partial charge < -0.3 is 15.5 Å². The van der Waals surface area contributed by atoms with Crippen LogP contribution in [0.4, 0.5) is 5.69 Å². The molecular weight excluding hydrogens is 302 g/mol. The number of anilines is 1. The van der Waals surface area contributed by atoms with Crippen molar-refractivity contribution in [3.63, 3.8) is 0 Å². The molecule has 2 aliphatic rings. The van der Waals surface area contributed by atoms with Crippen LogP contribution in [-0.2, 0) is 4.79 Å². The summed E-state index contributed by atoms with van der Waals surface area (Å²) in [5.41, 5.74) is 0.703. The Morgan fingerprint density at radius 1 is 1.12 bits per heavy atom. The number of benzene rings is 1. The third kappa shape index (κ3) is 3.31. The number of carbonyl (C=O) groups excluding carboxylic acids is 2. The molecule has 2 N–H and O–H groups in total. The molecule has 2 bridgehead atoms. The molecular formula is C19H27N3O2. The van der Waals surface area contributed by atoms with Gasteiger partial charge in [-0.3, -0.25) is 9.59 Å². The molecule has 2 aliphatic heterocycles. The van der Waals surface area contributed by atoms with Gasteiger partial charge in [0.1, 0.15) is 0 Å². The van der Waals surface area contributed by atoms with Crippen LogP contribution >= 0.6 is 0 Å². The van der Waals surface area contributed by atoms with E-state index in [1.165, 1.54) is 0 Å². The second kappa shape index (κ2) is 6.55. The predicted molar refractivity (Wildman–Crippen MR) is 95.0 cm³/mol. The average Bonchev–Trinajstić information content (AvgIpc) is 2.79. The van der Waals surface area contributed by atoms with E-state index in [1.807, 2.05) is 49.9 Å². The molecule has 1 aromatic carbocycles. The predicted octanol–water partition coefficient (Wildman–Crippen LogP) is 2.64. The number of nitrogens with one attached hydrogen (secondary N) is 2. The second-order valence-electron chi connectivity index (χ2n) is 7.84. The minimum Gasteiger partial charge on any atom is -0.331 e. The Kier molecular flexibility index (Phi) is 4.63. The van der Waals surface area contributed by atoms with E-state index in [4.69, 9.17) is 0 Å². The van der Waals surface area contributed by atoms with E-state index in [1.54, 1.807) is 0 Å². The molecule has 0 aliphatic carbocycles. The summed E-state index contributed by atoms with van der Waals surface area (Å²) in [5.74, 6) is -0.0423. The first-order valence-electron chi connectivity index (χ1n) is 8.82. The molecule has 2 amide bonds. The van der Waals surface area contributed by atoms with Gasteiger partial charge in [0.25, 0.3) is 5.91 Å². The fourth-order valence-electron chi connectivity index (χ4n) is 3.54. The standard InChI is InChI=1S/C19H27N3O2/c1-19(2,3)18(24)21-16-7-5-4-6-15(16)17(23)22-13-8-9-14(22)12-20-11-10-13/h4-7,13-14,20H,8-12H2,1-3H3,(H,21,24). The van der Waals surface area contributed by atoms with Crippen LogP contribution in [0.5, 0.6) is 0 Å². The second-order valence-corrected chi connectivity index (χ2v) is 7.84. The first kappa shape index (κ1) is 17.0. The van der Waals surface area contributed by atoms with Gasteiger partial charge in [0.15, 0.2) is 0 Å². The highest BCUT2D eigenvalue weighted by atomic mass is 16.2. The van der Waals surface area contributed by atoms with Crippen LogP contribution in [0.15, 0.2) is 24.3 Å². The minimum absolute atomic E-state index is 0.0380. The number of fused-ring (bicyclic) bond motifs is 2. The maximum atomic E-state index is 13.2. The zero-order chi connectivity index (χ0) is 17.3. The Balaban J connectivity index is 1.87. The number of rotatable bonds is 2. The summed E-state index contributed by atoms with van der Waals surface area (Å²) in [7, 11) is 0. The van der Waals surface area contributed by atoms with Crippen molar-refractivity contribution in [2.45, 2.75) is 52.1 Å². The van der Waals surface area contributed by atoms with Crippen LogP contribution in [0.3, 0.4) is 0 Å². The lowest BCUT2D eigenvalue weighted by molar-refractivity contribution is -0.123. The summed E-state index contributed by atoms with van der Waals surface area (Å²) in [4.78, 5) is 27.6. The molecule has 0 radical (unpaired) electrons. The normalized spacial score (nSPS) is 23.7. The van der Waals surface area contributed by atoms with E-state index in [9.17, 15) is 9.59 Å². The molecule has 5 nitrogen and oxygen atoms in total. The van der Waals surface area contributed by atoms with Crippen LogP contribution in [0, 0.1) is 5.41 Å². The lowest BCUT2D eigenvalue weighted by Gasteiger charge is -2.29. The number of carbonyl (C=O) groups is 2. The van der Waals surface area contributed by atoms with Crippen LogP contribution in [0.1, 0.15) is 50.4 Å². The molecule has 2 atom stereocenters. The first-order chi connectivity index (χ1) is 11.4. The molecule has 1 aromatic rings. The van der Waals surface area contributed by atoms with Crippen molar-refractivity contribution in [3.05, 3.63) is 29.8 Å². The van der Waals surface area contributed by atoms with Crippen molar-refractivity contribution < 1.29 is 9.59 Å². The number of nitrogens with zero attached hydrogens (tertiary/aromatic N) is 1. The van der Waals surface area contributed by atoms with E-state index >= 15 is 0 Å². The molecule has 3 rings (SSSR count). The van der Waals surface area contributed by atoms with Gasteiger partial charge in [-0.25, -0.2) is 0 Å². The number of hydrogen-bond donors (Lipinski definition) is 2. The van der Waals surface area contributed by atoms with Gasteiger partial charge in [-0.05, 0) is 37.9 Å². The van der Waals surface area contributed by atoms with Crippen molar-refractivity contribution in [3.8, 4) is 0 Å². The van der Waals surface area contributed by atoms with Crippen molar-refractivity contribution >= 4 is 17.5 Å². The monoisotopic (exact) mass is 329 g/mol. The van der Waals surface area contributed by atoms with E-state index in [0.29, 0.717) is 17.3 Å². The molecule has 2 saturated heterocycles. The molecule has 2 unspecified atom stereocenters. The summed E-state index contributed by atoms with van der Waals surface area (Å²) >= 11 is 0. The number of para-hydroxylation sites is 1. The largest absolute Gasteiger partial charge is 0.331 e. The van der Waals surface area contributed by atoms with Crippen molar-refractivity contribution in [2.75, 3.05) is 18.4 Å². The fourth-order valence-corrected chi connectivity index (χ4v) is 3.54. The van der Waals surface area contributed by atoms with Crippen molar-refractivity contribution in [2.24, 2.45) is 5.41 Å². The van der Waals surface area contributed by atoms with Crippen LogP contribution in [-0.4, -0.2) is 41.9 Å². The lowest BCUT2D eigenvalue weighted by atomic mass is 9.95. The van der Waals surface area contributed by atoms with Gasteiger partial charge >= 0.3 is 0 Å². The summed E-state index contributed by atoms with van der Waals surface area (Å²) in [6.07, 6.45) is 3.13. The van der Waals surface area contributed by atoms with Gasteiger partial charge in [0.2, 0.25) is 5.91 Å². The molecule has 2 heterocycles. The third-order valence-electron chi connectivity index (χ3n) is 4.98. The number of hydrogen-bond acceptors (Lipinski definition) is 3. The Bertz CT molecular complexity index is 622. The zero-order valence-electron chi connectivity index (χ0n) is 14.8. The van der Waals surface area contributed by atoms with Crippen LogP contribution < -0.4 is 10.6 Å². The smallest absolute Gasteiger partial charge is 0.256 e. The topological polar surface area (TPSA) is 61.4 Å². The molecule has 24 heavy (non-hydrogen) atoms. The highest BCUT2D eigenvalue weighted by Gasteiger charge is 2.39.